The van der Waals surface area contributed by atoms with Gasteiger partial charge in [-0.15, -0.1) is 0 Å². The number of H-pyrrole nitrogens is 1. The van der Waals surface area contributed by atoms with Gasteiger partial charge in [0.05, 0.1) is 17.3 Å². The van der Waals surface area contributed by atoms with E-state index in [2.05, 4.69) is 10.2 Å². The number of nitrogens with two attached hydrogens (primary N) is 1. The number of anilines is 1. The minimum Gasteiger partial charge on any atom is -0.492 e. The van der Waals surface area contributed by atoms with Crippen LogP contribution in [0.1, 0.15) is 6.92 Å². The van der Waals surface area contributed by atoms with Gasteiger partial charge in [-0.3, -0.25) is 5.10 Å². The van der Waals surface area contributed by atoms with Gasteiger partial charge >= 0.3 is 0 Å². The maximum absolute atomic E-state index is 6.07. The molecule has 0 aliphatic heterocycles. The minimum atomic E-state index is 0.458. The lowest BCUT2D eigenvalue weighted by molar-refractivity contribution is 0.340. The number of aromatic amines is 1. The topological polar surface area (TPSA) is 63.9 Å². The second-order valence-corrected chi connectivity index (χ2v) is 3.69. The Bertz CT molecular complexity index is 496. The molecule has 5 heteroatoms. The molecule has 3 N–H and O–H groups in total. The van der Waals surface area contributed by atoms with Crippen LogP contribution in [0.5, 0.6) is 5.75 Å². The molecule has 0 radical (unpaired) electrons. The van der Waals surface area contributed by atoms with Gasteiger partial charge in [0, 0.05) is 11.6 Å². The van der Waals surface area contributed by atoms with Gasteiger partial charge in [0.25, 0.3) is 0 Å². The molecule has 1 heterocycles. The van der Waals surface area contributed by atoms with Crippen LogP contribution in [0.2, 0.25) is 5.02 Å². The quantitative estimate of drug-likeness (QED) is 0.863. The van der Waals surface area contributed by atoms with E-state index in [9.17, 15) is 0 Å². The molecule has 0 unspecified atom stereocenters. The fourth-order valence-electron chi connectivity index (χ4n) is 1.43. The Hall–Kier alpha value is -1.68. The van der Waals surface area contributed by atoms with Crippen molar-refractivity contribution in [3.63, 3.8) is 0 Å². The lowest BCUT2D eigenvalue weighted by atomic mass is 10.1. The number of rotatable bonds is 3. The van der Waals surface area contributed by atoms with Crippen molar-refractivity contribution in [3.8, 4) is 17.0 Å². The highest BCUT2D eigenvalue weighted by Gasteiger charge is 2.06. The van der Waals surface area contributed by atoms with Gasteiger partial charge in [-0.1, -0.05) is 11.6 Å². The SMILES string of the molecule is CCOc1ccc(-c2cc(N)n[nH]2)cc1Cl. The summed E-state index contributed by atoms with van der Waals surface area (Å²) in [4.78, 5) is 0. The highest BCUT2D eigenvalue weighted by Crippen LogP contribution is 2.29. The third-order valence-electron chi connectivity index (χ3n) is 2.14. The maximum Gasteiger partial charge on any atom is 0.145 e. The third-order valence-corrected chi connectivity index (χ3v) is 2.44. The van der Waals surface area contributed by atoms with Crippen LogP contribution in [-0.4, -0.2) is 16.8 Å². The Kier molecular flexibility index (Phi) is 3.01. The molecule has 2 aromatic rings. The predicted octanol–water partition coefficient (Wildman–Crippen LogP) is 2.71. The fraction of sp³-hybridized carbons (Fsp3) is 0.182. The van der Waals surface area contributed by atoms with E-state index in [1.165, 1.54) is 0 Å². The number of hydrogen-bond donors (Lipinski definition) is 2. The number of benzene rings is 1. The number of nitrogens with one attached hydrogen (secondary N) is 1. The van der Waals surface area contributed by atoms with E-state index < -0.39 is 0 Å². The predicted molar refractivity (Wildman–Crippen MR) is 64.6 cm³/mol. The second kappa shape index (κ2) is 4.45. The normalized spacial score (nSPS) is 10.4. The molecule has 1 aromatic heterocycles. The van der Waals surface area contributed by atoms with Crippen LogP contribution in [0.4, 0.5) is 5.82 Å². The molecular formula is C11H12ClN3O. The number of nitrogens with zero attached hydrogens (tertiary/aromatic N) is 1. The Morgan fingerprint density at radius 3 is 2.81 bits per heavy atom. The van der Waals surface area contributed by atoms with Crippen molar-refractivity contribution in [3.05, 3.63) is 29.3 Å². The van der Waals surface area contributed by atoms with Gasteiger partial charge in [-0.2, -0.15) is 5.10 Å². The van der Waals surface area contributed by atoms with Crippen molar-refractivity contribution in [1.29, 1.82) is 0 Å². The molecule has 0 amide bonds. The van der Waals surface area contributed by atoms with Crippen LogP contribution in [0.15, 0.2) is 24.3 Å². The van der Waals surface area contributed by atoms with Gasteiger partial charge in [0.15, 0.2) is 0 Å². The summed E-state index contributed by atoms with van der Waals surface area (Å²) in [5.41, 5.74) is 7.30. The summed E-state index contributed by atoms with van der Waals surface area (Å²) in [7, 11) is 0. The second-order valence-electron chi connectivity index (χ2n) is 3.28. The van der Waals surface area contributed by atoms with E-state index >= 15 is 0 Å². The number of aromatic nitrogens is 2. The van der Waals surface area contributed by atoms with Crippen molar-refractivity contribution in [2.75, 3.05) is 12.3 Å². The van der Waals surface area contributed by atoms with Crippen LogP contribution in [0.25, 0.3) is 11.3 Å². The Morgan fingerprint density at radius 2 is 2.25 bits per heavy atom. The molecule has 0 saturated heterocycles. The Morgan fingerprint density at radius 1 is 1.44 bits per heavy atom. The maximum atomic E-state index is 6.07. The molecule has 0 atom stereocenters. The molecule has 0 aliphatic rings. The molecule has 1 aromatic carbocycles. The number of nitrogen functional groups attached to an aromatic ring is 1. The van der Waals surface area contributed by atoms with Gasteiger partial charge in [0.1, 0.15) is 11.6 Å². The van der Waals surface area contributed by atoms with Crippen molar-refractivity contribution in [2.45, 2.75) is 6.92 Å². The number of halogens is 1. The molecule has 84 valence electrons. The van der Waals surface area contributed by atoms with E-state index in [1.54, 1.807) is 6.07 Å². The van der Waals surface area contributed by atoms with E-state index in [1.807, 2.05) is 25.1 Å². The van der Waals surface area contributed by atoms with Gasteiger partial charge in [-0.25, -0.2) is 0 Å². The molecule has 0 aliphatic carbocycles. The molecule has 0 saturated carbocycles. The molecule has 0 spiro atoms. The van der Waals surface area contributed by atoms with Crippen LogP contribution in [-0.2, 0) is 0 Å². The third kappa shape index (κ3) is 2.12. The summed E-state index contributed by atoms with van der Waals surface area (Å²) in [5, 5.41) is 7.26. The van der Waals surface area contributed by atoms with Crippen LogP contribution < -0.4 is 10.5 Å². The molecule has 4 nitrogen and oxygen atoms in total. The first-order chi connectivity index (χ1) is 7.70. The zero-order valence-electron chi connectivity index (χ0n) is 8.83. The van der Waals surface area contributed by atoms with Gasteiger partial charge < -0.3 is 10.5 Å². The highest BCUT2D eigenvalue weighted by atomic mass is 35.5. The molecule has 16 heavy (non-hydrogen) atoms. The summed E-state index contributed by atoms with van der Waals surface area (Å²) >= 11 is 6.07. The molecule has 0 fully saturated rings. The highest BCUT2D eigenvalue weighted by molar-refractivity contribution is 6.32. The minimum absolute atomic E-state index is 0.458. The van der Waals surface area contributed by atoms with Crippen molar-refractivity contribution < 1.29 is 4.74 Å². The summed E-state index contributed by atoms with van der Waals surface area (Å²) < 4.78 is 5.35. The van der Waals surface area contributed by atoms with Crippen molar-refractivity contribution in [1.82, 2.24) is 10.2 Å². The number of hydrogen-bond acceptors (Lipinski definition) is 3. The summed E-state index contributed by atoms with van der Waals surface area (Å²) in [5.74, 6) is 1.14. The zero-order valence-corrected chi connectivity index (χ0v) is 9.58. The lowest BCUT2D eigenvalue weighted by Gasteiger charge is -2.06. The number of ether oxygens (including phenoxy) is 1. The van der Waals surface area contributed by atoms with E-state index in [0.29, 0.717) is 23.2 Å². The average Bonchev–Trinajstić information content (AvgIpc) is 2.68. The average molecular weight is 238 g/mol. The lowest BCUT2D eigenvalue weighted by Crippen LogP contribution is -1.92. The first-order valence-electron chi connectivity index (χ1n) is 4.94. The van der Waals surface area contributed by atoms with Crippen molar-refractivity contribution >= 4 is 17.4 Å². The molecule has 2 rings (SSSR count). The van der Waals surface area contributed by atoms with E-state index in [4.69, 9.17) is 22.1 Å². The smallest absolute Gasteiger partial charge is 0.145 e. The summed E-state index contributed by atoms with van der Waals surface area (Å²) in [6.07, 6.45) is 0. The fourth-order valence-corrected chi connectivity index (χ4v) is 1.66. The monoisotopic (exact) mass is 237 g/mol. The summed E-state index contributed by atoms with van der Waals surface area (Å²) in [6, 6.07) is 7.31. The van der Waals surface area contributed by atoms with Crippen LogP contribution >= 0.6 is 11.6 Å². The van der Waals surface area contributed by atoms with E-state index in [-0.39, 0.29) is 0 Å². The van der Waals surface area contributed by atoms with Crippen LogP contribution in [0.3, 0.4) is 0 Å². The van der Waals surface area contributed by atoms with Crippen LogP contribution in [0, 0.1) is 0 Å². The Balaban J connectivity index is 2.34. The van der Waals surface area contributed by atoms with Gasteiger partial charge in [0.2, 0.25) is 0 Å². The molecule has 0 bridgehead atoms. The summed E-state index contributed by atoms with van der Waals surface area (Å²) in [6.45, 7) is 2.51. The van der Waals surface area contributed by atoms with Crippen molar-refractivity contribution in [2.24, 2.45) is 0 Å². The first kappa shape index (κ1) is 10.8. The first-order valence-corrected chi connectivity index (χ1v) is 5.32. The Labute approximate surface area is 98.4 Å². The standard InChI is InChI=1S/C11H12ClN3O/c1-2-16-10-4-3-7(5-8(10)12)9-6-11(13)15-14-9/h3-6H,2H2,1H3,(H3,13,14,15). The zero-order chi connectivity index (χ0) is 11.5. The largest absolute Gasteiger partial charge is 0.492 e. The van der Waals surface area contributed by atoms with E-state index in [0.717, 1.165) is 11.3 Å². The van der Waals surface area contributed by atoms with Gasteiger partial charge in [-0.05, 0) is 25.1 Å². The molecular weight excluding hydrogens is 226 g/mol.